The van der Waals surface area contributed by atoms with Crippen LogP contribution in [0.25, 0.3) is 0 Å². The van der Waals surface area contributed by atoms with Crippen molar-refractivity contribution in [3.63, 3.8) is 0 Å². The molecule has 0 aromatic heterocycles. The fraction of sp³-hybridized carbons (Fsp3) is 0.958. The maximum absolute atomic E-state index is 11.0. The van der Waals surface area contributed by atoms with Crippen LogP contribution in [0.3, 0.4) is 0 Å². The minimum Gasteiger partial charge on any atom is -0.469 e. The molecule has 0 aliphatic carbocycles. The summed E-state index contributed by atoms with van der Waals surface area (Å²) >= 11 is 0. The lowest BCUT2D eigenvalue weighted by molar-refractivity contribution is -0.140. The highest BCUT2D eigenvalue weighted by Gasteiger charge is 1.99. The summed E-state index contributed by atoms with van der Waals surface area (Å²) in [4.78, 5) is 11.0. The average molecular weight is 384 g/mol. The molecule has 0 atom stereocenters. The lowest BCUT2D eigenvalue weighted by atomic mass is 10.1. The zero-order valence-corrected chi connectivity index (χ0v) is 18.7. The molecule has 0 aliphatic heterocycles. The maximum Gasteiger partial charge on any atom is 0.305 e. The highest BCUT2D eigenvalue weighted by molar-refractivity contribution is 5.68. The van der Waals surface area contributed by atoms with Crippen LogP contribution in [0.4, 0.5) is 0 Å². The first kappa shape index (κ1) is 26.4. The molecule has 3 heteroatoms. The van der Waals surface area contributed by atoms with E-state index >= 15 is 0 Å². The molecule has 0 spiro atoms. The third-order valence-electron chi connectivity index (χ3n) is 5.42. The van der Waals surface area contributed by atoms with Crippen molar-refractivity contribution in [1.29, 1.82) is 0 Å². The third-order valence-corrected chi connectivity index (χ3v) is 5.42. The number of hydrogen-bond donors (Lipinski definition) is 1. The quantitative estimate of drug-likeness (QED) is 0.159. The highest BCUT2D eigenvalue weighted by Crippen LogP contribution is 2.11. The number of ether oxygens (including phenoxy) is 1. The monoisotopic (exact) mass is 383 g/mol. The molecule has 0 unspecified atom stereocenters. The molecule has 3 nitrogen and oxygen atoms in total. The van der Waals surface area contributed by atoms with Crippen LogP contribution in [0.5, 0.6) is 0 Å². The van der Waals surface area contributed by atoms with Crippen LogP contribution in [0, 0.1) is 0 Å². The Morgan fingerprint density at radius 1 is 0.593 bits per heavy atom. The summed E-state index contributed by atoms with van der Waals surface area (Å²) in [5.41, 5.74) is 0. The van der Waals surface area contributed by atoms with Crippen LogP contribution >= 0.6 is 0 Å². The van der Waals surface area contributed by atoms with Gasteiger partial charge in [-0.3, -0.25) is 4.79 Å². The van der Waals surface area contributed by atoms with Gasteiger partial charge in [0, 0.05) is 6.42 Å². The molecule has 0 fully saturated rings. The van der Waals surface area contributed by atoms with Crippen molar-refractivity contribution in [2.24, 2.45) is 0 Å². The first-order valence-corrected chi connectivity index (χ1v) is 12.1. The van der Waals surface area contributed by atoms with Crippen molar-refractivity contribution in [3.8, 4) is 0 Å². The zero-order chi connectivity index (χ0) is 19.8. The summed E-state index contributed by atoms with van der Waals surface area (Å²) in [7, 11) is 1.47. The summed E-state index contributed by atoms with van der Waals surface area (Å²) in [6.07, 6.45) is 24.9. The molecule has 0 heterocycles. The number of nitrogens with one attached hydrogen (secondary N) is 1. The van der Waals surface area contributed by atoms with Gasteiger partial charge in [-0.2, -0.15) is 0 Å². The Labute approximate surface area is 170 Å². The van der Waals surface area contributed by atoms with Gasteiger partial charge in [0.1, 0.15) is 0 Å². The summed E-state index contributed by atoms with van der Waals surface area (Å²) in [5, 5.41) is 3.60. The molecular formula is C24H49NO2. The minimum atomic E-state index is -0.0692. The Kier molecular flexibility index (Phi) is 23.0. The van der Waals surface area contributed by atoms with Crippen molar-refractivity contribution < 1.29 is 9.53 Å². The number of unbranched alkanes of at least 4 members (excludes halogenated alkanes) is 16. The molecular weight excluding hydrogens is 334 g/mol. The Hall–Kier alpha value is -0.570. The number of rotatable bonds is 22. The number of carbonyl (C=O) groups excluding carboxylic acids is 1. The van der Waals surface area contributed by atoms with Crippen LogP contribution in [0.15, 0.2) is 0 Å². The topological polar surface area (TPSA) is 38.3 Å². The van der Waals surface area contributed by atoms with Crippen LogP contribution in [0.2, 0.25) is 0 Å². The molecule has 0 amide bonds. The van der Waals surface area contributed by atoms with Gasteiger partial charge in [-0.25, -0.2) is 0 Å². The van der Waals surface area contributed by atoms with E-state index in [1.54, 1.807) is 0 Å². The van der Waals surface area contributed by atoms with Gasteiger partial charge >= 0.3 is 5.97 Å². The van der Waals surface area contributed by atoms with E-state index < -0.39 is 0 Å². The largest absolute Gasteiger partial charge is 0.469 e. The SMILES string of the molecule is CCCCCCCCCCCCNCCCCCCCCCCC(=O)OC. The van der Waals surface area contributed by atoms with E-state index in [0.29, 0.717) is 6.42 Å². The fourth-order valence-electron chi connectivity index (χ4n) is 3.54. The van der Waals surface area contributed by atoms with E-state index in [-0.39, 0.29) is 5.97 Å². The summed E-state index contributed by atoms with van der Waals surface area (Å²) in [6.45, 7) is 4.68. The van der Waals surface area contributed by atoms with Crippen molar-refractivity contribution in [2.75, 3.05) is 20.2 Å². The van der Waals surface area contributed by atoms with Crippen LogP contribution in [-0.2, 0) is 9.53 Å². The van der Waals surface area contributed by atoms with Gasteiger partial charge in [0.15, 0.2) is 0 Å². The predicted octanol–water partition coefficient (Wildman–Crippen LogP) is 7.18. The average Bonchev–Trinajstić information content (AvgIpc) is 2.68. The van der Waals surface area contributed by atoms with Crippen molar-refractivity contribution in [3.05, 3.63) is 0 Å². The molecule has 0 aromatic rings. The van der Waals surface area contributed by atoms with Gasteiger partial charge in [-0.05, 0) is 32.4 Å². The molecule has 27 heavy (non-hydrogen) atoms. The lowest BCUT2D eigenvalue weighted by Crippen LogP contribution is -2.16. The second-order valence-corrected chi connectivity index (χ2v) is 8.09. The Balaban J connectivity index is 3.00. The maximum atomic E-state index is 11.0. The standard InChI is InChI=1S/C24H49NO2/c1-3-4-5-6-7-8-10-13-16-19-22-25-23-20-17-14-11-9-12-15-18-21-24(26)27-2/h25H,3-23H2,1-2H3. The molecule has 0 aromatic carbocycles. The number of carbonyl (C=O) groups is 1. The lowest BCUT2D eigenvalue weighted by Gasteiger charge is -2.05. The minimum absolute atomic E-state index is 0.0692. The number of esters is 1. The van der Waals surface area contributed by atoms with E-state index in [1.165, 1.54) is 123 Å². The Morgan fingerprint density at radius 2 is 0.963 bits per heavy atom. The summed E-state index contributed by atoms with van der Waals surface area (Å²) < 4.78 is 4.65. The number of hydrogen-bond acceptors (Lipinski definition) is 3. The molecule has 1 N–H and O–H groups in total. The van der Waals surface area contributed by atoms with Crippen molar-refractivity contribution in [1.82, 2.24) is 5.32 Å². The fourth-order valence-corrected chi connectivity index (χ4v) is 3.54. The molecule has 0 saturated carbocycles. The van der Waals surface area contributed by atoms with Crippen LogP contribution in [0.1, 0.15) is 129 Å². The first-order valence-electron chi connectivity index (χ1n) is 12.1. The van der Waals surface area contributed by atoms with E-state index in [1.807, 2.05) is 0 Å². The second kappa shape index (κ2) is 23.5. The molecule has 0 aliphatic rings. The summed E-state index contributed by atoms with van der Waals surface area (Å²) in [5.74, 6) is -0.0692. The van der Waals surface area contributed by atoms with Gasteiger partial charge in [-0.15, -0.1) is 0 Å². The van der Waals surface area contributed by atoms with E-state index in [2.05, 4.69) is 17.0 Å². The second-order valence-electron chi connectivity index (χ2n) is 8.09. The van der Waals surface area contributed by atoms with Gasteiger partial charge in [0.25, 0.3) is 0 Å². The van der Waals surface area contributed by atoms with E-state index in [0.717, 1.165) is 12.8 Å². The van der Waals surface area contributed by atoms with Gasteiger partial charge in [-0.1, -0.05) is 103 Å². The third kappa shape index (κ3) is 23.4. The number of methoxy groups -OCH3 is 1. The molecule has 0 rings (SSSR count). The zero-order valence-electron chi connectivity index (χ0n) is 18.7. The first-order chi connectivity index (χ1) is 13.3. The molecule has 162 valence electrons. The van der Waals surface area contributed by atoms with Crippen molar-refractivity contribution in [2.45, 2.75) is 129 Å². The van der Waals surface area contributed by atoms with Gasteiger partial charge < -0.3 is 10.1 Å². The van der Waals surface area contributed by atoms with Crippen LogP contribution < -0.4 is 5.32 Å². The Morgan fingerprint density at radius 3 is 1.37 bits per heavy atom. The summed E-state index contributed by atoms with van der Waals surface area (Å²) in [6, 6.07) is 0. The molecule has 0 saturated heterocycles. The van der Waals surface area contributed by atoms with Gasteiger partial charge in [0.2, 0.25) is 0 Å². The Bertz CT molecular complexity index is 294. The smallest absolute Gasteiger partial charge is 0.305 e. The normalized spacial score (nSPS) is 11.0. The van der Waals surface area contributed by atoms with Crippen molar-refractivity contribution >= 4 is 5.97 Å². The highest BCUT2D eigenvalue weighted by atomic mass is 16.5. The van der Waals surface area contributed by atoms with E-state index in [9.17, 15) is 4.79 Å². The van der Waals surface area contributed by atoms with E-state index in [4.69, 9.17) is 0 Å². The predicted molar refractivity (Wildman–Crippen MR) is 118 cm³/mol. The van der Waals surface area contributed by atoms with Gasteiger partial charge in [0.05, 0.1) is 7.11 Å². The molecule has 0 radical (unpaired) electrons. The van der Waals surface area contributed by atoms with Crippen LogP contribution in [-0.4, -0.2) is 26.2 Å². The molecule has 0 bridgehead atoms.